The van der Waals surface area contributed by atoms with E-state index < -0.39 is 6.10 Å². The smallest absolute Gasteiger partial charge is 0.146 e. The van der Waals surface area contributed by atoms with Crippen molar-refractivity contribution in [2.24, 2.45) is 5.92 Å². The summed E-state index contributed by atoms with van der Waals surface area (Å²) in [6, 6.07) is 5.68. The molecule has 2 rings (SSSR count). The van der Waals surface area contributed by atoms with Crippen LogP contribution in [0.3, 0.4) is 0 Å². The van der Waals surface area contributed by atoms with Gasteiger partial charge in [0, 0.05) is 31.3 Å². The van der Waals surface area contributed by atoms with Crippen molar-refractivity contribution < 1.29 is 10.2 Å². The van der Waals surface area contributed by atoms with Crippen LogP contribution in [-0.2, 0) is 0 Å². The molecule has 0 bridgehead atoms. The number of anilines is 1. The summed E-state index contributed by atoms with van der Waals surface area (Å²) in [4.78, 5) is 6.30. The molecule has 0 aromatic carbocycles. The number of nitrogens with zero attached hydrogens (tertiary/aromatic N) is 3. The molecule has 5 nitrogen and oxygen atoms in total. The molecule has 2 heterocycles. The van der Waals surface area contributed by atoms with Gasteiger partial charge in [-0.3, -0.25) is 0 Å². The van der Waals surface area contributed by atoms with Crippen molar-refractivity contribution in [2.75, 3.05) is 24.6 Å². The van der Waals surface area contributed by atoms with Gasteiger partial charge in [-0.25, -0.2) is 4.98 Å². The van der Waals surface area contributed by atoms with Gasteiger partial charge in [-0.15, -0.1) is 0 Å². The number of β-amino-alcohol motifs (C(OH)–C–C–N with tert-alkyl or cyclic N) is 1. The minimum absolute atomic E-state index is 0.00135. The predicted molar refractivity (Wildman–Crippen MR) is 67.1 cm³/mol. The number of piperidine rings is 1. The Labute approximate surface area is 106 Å². The van der Waals surface area contributed by atoms with Crippen molar-refractivity contribution >= 4 is 5.82 Å². The van der Waals surface area contributed by atoms with E-state index >= 15 is 0 Å². The number of aliphatic hydroxyl groups is 2. The Kier molecular flexibility index (Phi) is 3.80. The molecule has 0 unspecified atom stereocenters. The van der Waals surface area contributed by atoms with E-state index in [-0.39, 0.29) is 12.5 Å². The van der Waals surface area contributed by atoms with Gasteiger partial charge in [0.1, 0.15) is 11.9 Å². The maximum absolute atomic E-state index is 9.92. The maximum atomic E-state index is 9.92. The van der Waals surface area contributed by atoms with Crippen molar-refractivity contribution in [1.82, 2.24) is 4.98 Å². The van der Waals surface area contributed by atoms with Gasteiger partial charge in [-0.2, -0.15) is 5.26 Å². The molecule has 0 spiro atoms. The first-order chi connectivity index (χ1) is 8.65. The molecule has 5 heteroatoms. The highest BCUT2D eigenvalue weighted by atomic mass is 16.3. The number of aromatic nitrogens is 1. The predicted octanol–water partition coefficient (Wildman–Crippen LogP) is 0.441. The second kappa shape index (κ2) is 5.34. The molecule has 1 aromatic heterocycles. The molecule has 2 atom stereocenters. The highest BCUT2D eigenvalue weighted by Crippen LogP contribution is 2.24. The molecule has 96 valence electrons. The summed E-state index contributed by atoms with van der Waals surface area (Å²) in [5.74, 6) is 0.560. The highest BCUT2D eigenvalue weighted by molar-refractivity contribution is 5.54. The van der Waals surface area contributed by atoms with E-state index in [1.807, 2.05) is 11.8 Å². The molecule has 0 radical (unpaired) electrons. The molecule has 0 amide bonds. The SMILES string of the molecule is Cc1ccc(C#N)c(N2CC[C@@H](CO)[C@H](O)C2)n1. The van der Waals surface area contributed by atoms with Crippen LogP contribution >= 0.6 is 0 Å². The number of rotatable bonds is 2. The third-order valence-electron chi connectivity index (χ3n) is 3.39. The minimum Gasteiger partial charge on any atom is -0.396 e. The van der Waals surface area contributed by atoms with Gasteiger partial charge >= 0.3 is 0 Å². The van der Waals surface area contributed by atoms with Crippen LogP contribution in [0.15, 0.2) is 12.1 Å². The van der Waals surface area contributed by atoms with Crippen LogP contribution < -0.4 is 4.90 Å². The zero-order valence-corrected chi connectivity index (χ0v) is 10.4. The topological polar surface area (TPSA) is 80.4 Å². The molecule has 1 aromatic rings. The van der Waals surface area contributed by atoms with Gasteiger partial charge in [0.05, 0.1) is 11.7 Å². The van der Waals surface area contributed by atoms with E-state index in [0.717, 1.165) is 5.69 Å². The average molecular weight is 247 g/mol. The lowest BCUT2D eigenvalue weighted by Gasteiger charge is -2.36. The van der Waals surface area contributed by atoms with Gasteiger partial charge in [0.25, 0.3) is 0 Å². The molecule has 2 N–H and O–H groups in total. The van der Waals surface area contributed by atoms with Crippen LogP contribution in [0.25, 0.3) is 0 Å². The Bertz CT molecular complexity index is 470. The Morgan fingerprint density at radius 1 is 1.56 bits per heavy atom. The third-order valence-corrected chi connectivity index (χ3v) is 3.39. The van der Waals surface area contributed by atoms with Gasteiger partial charge in [-0.05, 0) is 25.5 Å². The van der Waals surface area contributed by atoms with E-state index in [0.29, 0.717) is 30.9 Å². The first-order valence-electron chi connectivity index (χ1n) is 6.07. The lowest BCUT2D eigenvalue weighted by Crippen LogP contribution is -2.45. The normalized spacial score (nSPS) is 23.8. The van der Waals surface area contributed by atoms with Crippen molar-refractivity contribution in [3.8, 4) is 6.07 Å². The number of aryl methyl sites for hydroxylation is 1. The van der Waals surface area contributed by atoms with E-state index in [1.165, 1.54) is 0 Å². The largest absolute Gasteiger partial charge is 0.396 e. The van der Waals surface area contributed by atoms with Gasteiger partial charge < -0.3 is 15.1 Å². The van der Waals surface area contributed by atoms with Crippen molar-refractivity contribution in [3.05, 3.63) is 23.4 Å². The molecular weight excluding hydrogens is 230 g/mol. The van der Waals surface area contributed by atoms with Crippen LogP contribution in [-0.4, -0.2) is 41.0 Å². The second-order valence-electron chi connectivity index (χ2n) is 4.68. The maximum Gasteiger partial charge on any atom is 0.146 e. The zero-order chi connectivity index (χ0) is 13.1. The van der Waals surface area contributed by atoms with Crippen LogP contribution in [0, 0.1) is 24.2 Å². The number of hydrogen-bond acceptors (Lipinski definition) is 5. The third kappa shape index (κ3) is 2.45. The summed E-state index contributed by atoms with van der Waals surface area (Å²) < 4.78 is 0. The average Bonchev–Trinajstić information content (AvgIpc) is 2.38. The quantitative estimate of drug-likeness (QED) is 0.792. The zero-order valence-electron chi connectivity index (χ0n) is 10.4. The molecule has 0 aliphatic carbocycles. The van der Waals surface area contributed by atoms with Crippen molar-refractivity contribution in [3.63, 3.8) is 0 Å². The van der Waals surface area contributed by atoms with Crippen LogP contribution in [0.1, 0.15) is 17.7 Å². The first kappa shape index (κ1) is 12.8. The van der Waals surface area contributed by atoms with Gasteiger partial charge in [0.15, 0.2) is 0 Å². The molecule has 1 aliphatic rings. The summed E-state index contributed by atoms with van der Waals surface area (Å²) in [6.45, 7) is 2.99. The molecular formula is C13H17N3O2. The Balaban J connectivity index is 2.23. The summed E-state index contributed by atoms with van der Waals surface area (Å²) in [6.07, 6.45) is 0.135. The number of nitriles is 1. The Morgan fingerprint density at radius 2 is 2.33 bits per heavy atom. The lowest BCUT2D eigenvalue weighted by molar-refractivity contribution is 0.0546. The first-order valence-corrected chi connectivity index (χ1v) is 6.07. The summed E-state index contributed by atoms with van der Waals surface area (Å²) in [7, 11) is 0. The molecule has 1 fully saturated rings. The van der Waals surface area contributed by atoms with Crippen LogP contribution in [0.4, 0.5) is 5.82 Å². The number of pyridine rings is 1. The lowest BCUT2D eigenvalue weighted by atomic mass is 9.94. The standard InChI is InChI=1S/C13H17N3O2/c1-9-2-3-10(6-14)13(15-9)16-5-4-11(8-17)12(18)7-16/h2-3,11-12,17-18H,4-5,7-8H2,1H3/t11-,12+/m0/s1. The van der Waals surface area contributed by atoms with E-state index in [1.54, 1.807) is 12.1 Å². The summed E-state index contributed by atoms with van der Waals surface area (Å²) in [5.41, 5.74) is 1.37. The fourth-order valence-corrected chi connectivity index (χ4v) is 2.26. The molecule has 18 heavy (non-hydrogen) atoms. The monoisotopic (exact) mass is 247 g/mol. The number of aliphatic hydroxyl groups excluding tert-OH is 2. The molecule has 0 saturated carbocycles. The van der Waals surface area contributed by atoms with E-state index in [2.05, 4.69) is 11.1 Å². The minimum atomic E-state index is -0.572. The highest BCUT2D eigenvalue weighted by Gasteiger charge is 2.28. The van der Waals surface area contributed by atoms with Crippen LogP contribution in [0.5, 0.6) is 0 Å². The van der Waals surface area contributed by atoms with Gasteiger partial charge in [0.2, 0.25) is 0 Å². The van der Waals surface area contributed by atoms with E-state index in [9.17, 15) is 5.11 Å². The fourth-order valence-electron chi connectivity index (χ4n) is 2.26. The van der Waals surface area contributed by atoms with Crippen LogP contribution in [0.2, 0.25) is 0 Å². The Hall–Kier alpha value is -1.64. The van der Waals surface area contributed by atoms with Crippen molar-refractivity contribution in [2.45, 2.75) is 19.4 Å². The summed E-state index contributed by atoms with van der Waals surface area (Å²) >= 11 is 0. The van der Waals surface area contributed by atoms with Crippen molar-refractivity contribution in [1.29, 1.82) is 5.26 Å². The molecule has 1 aliphatic heterocycles. The number of hydrogen-bond donors (Lipinski definition) is 2. The van der Waals surface area contributed by atoms with Gasteiger partial charge in [-0.1, -0.05) is 0 Å². The Morgan fingerprint density at radius 3 is 2.94 bits per heavy atom. The fraction of sp³-hybridized carbons (Fsp3) is 0.538. The van der Waals surface area contributed by atoms with E-state index in [4.69, 9.17) is 10.4 Å². The summed E-state index contributed by atoms with van der Waals surface area (Å²) in [5, 5.41) is 28.1. The molecule has 1 saturated heterocycles. The second-order valence-corrected chi connectivity index (χ2v) is 4.68.